The lowest BCUT2D eigenvalue weighted by Gasteiger charge is -2.14. The lowest BCUT2D eigenvalue weighted by atomic mass is 10.1. The molecule has 1 aromatic carbocycles. The molecule has 1 atom stereocenters. The summed E-state index contributed by atoms with van der Waals surface area (Å²) in [6.45, 7) is 2.16. The van der Waals surface area contributed by atoms with Crippen molar-refractivity contribution in [3.05, 3.63) is 29.8 Å². The number of hydrogen-bond acceptors (Lipinski definition) is 3. The van der Waals surface area contributed by atoms with Crippen molar-refractivity contribution in [2.24, 2.45) is 0 Å². The summed E-state index contributed by atoms with van der Waals surface area (Å²) in [6, 6.07) is 3.77. The summed E-state index contributed by atoms with van der Waals surface area (Å²) in [6.07, 6.45) is -4.75. The van der Waals surface area contributed by atoms with E-state index in [-0.39, 0.29) is 5.75 Å². The number of nitrogens with one attached hydrogen (secondary N) is 1. The normalized spacial score (nSPS) is 13.1. The maximum absolute atomic E-state index is 11.9. The molecule has 0 radical (unpaired) electrons. The molecule has 1 aromatic rings. The van der Waals surface area contributed by atoms with Crippen molar-refractivity contribution in [3.8, 4) is 5.75 Å². The third-order valence-corrected chi connectivity index (χ3v) is 2.10. The van der Waals surface area contributed by atoms with Gasteiger partial charge in [-0.1, -0.05) is 19.1 Å². The van der Waals surface area contributed by atoms with Crippen LogP contribution in [0.4, 0.5) is 13.2 Å². The Morgan fingerprint density at radius 2 is 1.94 bits per heavy atom. The van der Waals surface area contributed by atoms with Crippen LogP contribution in [0.1, 0.15) is 18.5 Å². The molecule has 0 fully saturated rings. The average Bonchev–Trinajstić information content (AvgIpc) is 2.25. The van der Waals surface area contributed by atoms with Gasteiger partial charge in [0.25, 0.3) is 0 Å². The van der Waals surface area contributed by atoms with Gasteiger partial charge < -0.3 is 15.2 Å². The number of likely N-dealkylation sites (N-methyl/N-ethyl adjacent to an activating group) is 1. The van der Waals surface area contributed by atoms with Gasteiger partial charge in [0.05, 0.1) is 0 Å². The zero-order valence-corrected chi connectivity index (χ0v) is 9.49. The minimum atomic E-state index is -4.75. The molecule has 7 heteroatoms. The van der Waals surface area contributed by atoms with Gasteiger partial charge in [0.2, 0.25) is 0 Å². The fourth-order valence-corrected chi connectivity index (χ4v) is 1.41. The molecule has 0 aliphatic carbocycles. The van der Waals surface area contributed by atoms with E-state index in [0.717, 1.165) is 12.1 Å². The van der Waals surface area contributed by atoms with E-state index in [2.05, 4.69) is 10.1 Å². The predicted octanol–water partition coefficient (Wildman–Crippen LogP) is 2.32. The van der Waals surface area contributed by atoms with Crippen molar-refractivity contribution in [1.82, 2.24) is 5.32 Å². The SMILES string of the molecule is CCNC(C(=O)O)c1ccc(OC(F)(F)F)cc1. The molecule has 100 valence electrons. The van der Waals surface area contributed by atoms with Crippen LogP contribution in [-0.2, 0) is 4.79 Å². The quantitative estimate of drug-likeness (QED) is 0.856. The number of halogens is 3. The van der Waals surface area contributed by atoms with E-state index in [4.69, 9.17) is 5.11 Å². The lowest BCUT2D eigenvalue weighted by molar-refractivity contribution is -0.274. The summed E-state index contributed by atoms with van der Waals surface area (Å²) in [5.74, 6) is -1.48. The molecule has 0 heterocycles. The second-order valence-corrected chi connectivity index (χ2v) is 3.45. The number of alkyl halides is 3. The van der Waals surface area contributed by atoms with Crippen LogP contribution in [0.5, 0.6) is 5.75 Å². The molecule has 2 N–H and O–H groups in total. The third kappa shape index (κ3) is 4.25. The van der Waals surface area contributed by atoms with Crippen LogP contribution in [0.3, 0.4) is 0 Å². The molecule has 0 spiro atoms. The van der Waals surface area contributed by atoms with E-state index < -0.39 is 18.4 Å². The van der Waals surface area contributed by atoms with Crippen molar-refractivity contribution >= 4 is 5.97 Å². The maximum Gasteiger partial charge on any atom is 0.573 e. The van der Waals surface area contributed by atoms with E-state index in [1.807, 2.05) is 0 Å². The van der Waals surface area contributed by atoms with Crippen LogP contribution in [0.25, 0.3) is 0 Å². The van der Waals surface area contributed by atoms with Crippen LogP contribution in [0, 0.1) is 0 Å². The number of aliphatic carboxylic acids is 1. The molecule has 0 aliphatic rings. The third-order valence-electron chi connectivity index (χ3n) is 2.10. The van der Waals surface area contributed by atoms with E-state index in [9.17, 15) is 18.0 Å². The second-order valence-electron chi connectivity index (χ2n) is 3.45. The number of hydrogen-bond donors (Lipinski definition) is 2. The van der Waals surface area contributed by atoms with Crippen molar-refractivity contribution < 1.29 is 27.8 Å². The molecule has 1 rings (SSSR count). The molecule has 0 bridgehead atoms. The molecule has 1 unspecified atom stereocenters. The minimum absolute atomic E-state index is 0.360. The first-order valence-corrected chi connectivity index (χ1v) is 5.15. The van der Waals surface area contributed by atoms with Crippen LogP contribution in [0.15, 0.2) is 24.3 Å². The van der Waals surface area contributed by atoms with Gasteiger partial charge in [0.1, 0.15) is 11.8 Å². The fraction of sp³-hybridized carbons (Fsp3) is 0.364. The summed E-state index contributed by atoms with van der Waals surface area (Å²) in [5, 5.41) is 11.6. The molecule has 0 aromatic heterocycles. The molecule has 0 aliphatic heterocycles. The highest BCUT2D eigenvalue weighted by atomic mass is 19.4. The van der Waals surface area contributed by atoms with Gasteiger partial charge in [-0.05, 0) is 24.2 Å². The molecule has 0 amide bonds. The number of carboxylic acids is 1. The van der Waals surface area contributed by atoms with Gasteiger partial charge >= 0.3 is 12.3 Å². The van der Waals surface area contributed by atoms with Gasteiger partial charge in [0, 0.05) is 0 Å². The molecular weight excluding hydrogens is 251 g/mol. The van der Waals surface area contributed by atoms with Gasteiger partial charge in [-0.15, -0.1) is 13.2 Å². The second kappa shape index (κ2) is 5.72. The number of carbonyl (C=O) groups is 1. The maximum atomic E-state index is 11.9. The van der Waals surface area contributed by atoms with Gasteiger partial charge in [-0.3, -0.25) is 4.79 Å². The Balaban J connectivity index is 2.83. The topological polar surface area (TPSA) is 58.6 Å². The summed E-state index contributed by atoms with van der Waals surface area (Å²) in [5.41, 5.74) is 0.360. The lowest BCUT2D eigenvalue weighted by Crippen LogP contribution is -2.28. The average molecular weight is 263 g/mol. The zero-order valence-electron chi connectivity index (χ0n) is 9.49. The smallest absolute Gasteiger partial charge is 0.480 e. The highest BCUT2D eigenvalue weighted by molar-refractivity contribution is 5.75. The highest BCUT2D eigenvalue weighted by Crippen LogP contribution is 2.24. The predicted molar refractivity (Wildman–Crippen MR) is 57.2 cm³/mol. The molecule has 18 heavy (non-hydrogen) atoms. The minimum Gasteiger partial charge on any atom is -0.480 e. The Labute approximate surface area is 101 Å². The van der Waals surface area contributed by atoms with E-state index >= 15 is 0 Å². The summed E-state index contributed by atoms with van der Waals surface area (Å²) in [4.78, 5) is 10.9. The Kier molecular flexibility index (Phi) is 4.55. The summed E-state index contributed by atoms with van der Waals surface area (Å²) < 4.78 is 39.5. The van der Waals surface area contributed by atoms with E-state index in [0.29, 0.717) is 12.1 Å². The molecule has 0 saturated heterocycles. The summed E-state index contributed by atoms with van der Waals surface area (Å²) in [7, 11) is 0. The first-order valence-electron chi connectivity index (χ1n) is 5.15. The van der Waals surface area contributed by atoms with Crippen molar-refractivity contribution in [2.45, 2.75) is 19.3 Å². The first kappa shape index (κ1) is 14.3. The number of ether oxygens (including phenoxy) is 1. The number of benzene rings is 1. The van der Waals surface area contributed by atoms with Crippen LogP contribution >= 0.6 is 0 Å². The Hall–Kier alpha value is -1.76. The van der Waals surface area contributed by atoms with Crippen LogP contribution < -0.4 is 10.1 Å². The highest BCUT2D eigenvalue weighted by Gasteiger charge is 2.31. The molecule has 0 saturated carbocycles. The van der Waals surface area contributed by atoms with Crippen molar-refractivity contribution in [1.29, 1.82) is 0 Å². The van der Waals surface area contributed by atoms with E-state index in [1.54, 1.807) is 6.92 Å². The monoisotopic (exact) mass is 263 g/mol. The molecular formula is C11H12F3NO3. The largest absolute Gasteiger partial charge is 0.573 e. The van der Waals surface area contributed by atoms with Crippen LogP contribution in [-0.4, -0.2) is 24.0 Å². The van der Waals surface area contributed by atoms with E-state index in [1.165, 1.54) is 12.1 Å². The van der Waals surface area contributed by atoms with Crippen LogP contribution in [0.2, 0.25) is 0 Å². The molecule has 4 nitrogen and oxygen atoms in total. The Morgan fingerprint density at radius 1 is 1.39 bits per heavy atom. The number of rotatable bonds is 5. The Morgan fingerprint density at radius 3 is 2.33 bits per heavy atom. The summed E-state index contributed by atoms with van der Waals surface area (Å²) >= 11 is 0. The van der Waals surface area contributed by atoms with Crippen molar-refractivity contribution in [3.63, 3.8) is 0 Å². The first-order chi connectivity index (χ1) is 8.33. The van der Waals surface area contributed by atoms with Gasteiger partial charge in [-0.25, -0.2) is 0 Å². The standard InChI is InChI=1S/C11H12F3NO3/c1-2-15-9(10(16)17)7-3-5-8(6-4-7)18-11(12,13)14/h3-6,9,15H,2H2,1H3,(H,16,17). The Bertz CT molecular complexity index is 403. The number of carboxylic acid groups (broad SMARTS) is 1. The fourth-order valence-electron chi connectivity index (χ4n) is 1.41. The van der Waals surface area contributed by atoms with Gasteiger partial charge in [-0.2, -0.15) is 0 Å². The zero-order chi connectivity index (χ0) is 13.8. The van der Waals surface area contributed by atoms with Crippen molar-refractivity contribution in [2.75, 3.05) is 6.54 Å². The van der Waals surface area contributed by atoms with Gasteiger partial charge in [0.15, 0.2) is 0 Å².